The lowest BCUT2D eigenvalue weighted by Gasteiger charge is -2.10. The summed E-state index contributed by atoms with van der Waals surface area (Å²) >= 11 is 8.96. The summed E-state index contributed by atoms with van der Waals surface area (Å²) < 4.78 is 28.3. The number of carbonyl (C=O) groups is 1. The third-order valence-corrected chi connectivity index (χ3v) is 8.12. The number of benzene rings is 3. The van der Waals surface area contributed by atoms with E-state index in [1.807, 2.05) is 30.3 Å². The van der Waals surface area contributed by atoms with Crippen LogP contribution in [0.3, 0.4) is 0 Å². The number of carbonyl (C=O) groups excluding carboxylic acids is 1. The lowest BCUT2D eigenvalue weighted by molar-refractivity contribution is 0.102. The average Bonchev–Trinajstić information content (AvgIpc) is 3.27. The van der Waals surface area contributed by atoms with Crippen molar-refractivity contribution in [1.29, 1.82) is 0 Å². The molecular formula is C22H17ClN4O3S3. The van der Waals surface area contributed by atoms with Crippen LogP contribution in [0.5, 0.6) is 0 Å². The first-order chi connectivity index (χ1) is 15.9. The molecule has 0 radical (unpaired) electrons. The first kappa shape index (κ1) is 23.2. The zero-order valence-corrected chi connectivity index (χ0v) is 20.1. The van der Waals surface area contributed by atoms with Gasteiger partial charge < -0.3 is 0 Å². The third-order valence-electron chi connectivity index (χ3n) is 4.35. The van der Waals surface area contributed by atoms with E-state index in [0.717, 1.165) is 11.3 Å². The highest BCUT2D eigenvalue weighted by Crippen LogP contribution is 2.29. The van der Waals surface area contributed by atoms with E-state index in [-0.39, 0.29) is 21.2 Å². The minimum atomic E-state index is -3.80. The zero-order chi connectivity index (χ0) is 23.3. The van der Waals surface area contributed by atoms with Crippen LogP contribution in [-0.4, -0.2) is 24.5 Å². The molecule has 3 aromatic carbocycles. The Bertz CT molecular complexity index is 1360. The summed E-state index contributed by atoms with van der Waals surface area (Å²) in [5, 5.41) is 11.3. The fourth-order valence-electron chi connectivity index (χ4n) is 2.78. The molecule has 0 saturated heterocycles. The highest BCUT2D eigenvalue weighted by Gasteiger charge is 2.18. The second-order valence-corrected chi connectivity index (χ2v) is 11.0. The first-order valence-electron chi connectivity index (χ1n) is 9.60. The van der Waals surface area contributed by atoms with Crippen LogP contribution < -0.4 is 10.0 Å². The van der Waals surface area contributed by atoms with Crippen LogP contribution in [0.2, 0.25) is 5.02 Å². The smallest absolute Gasteiger partial charge is 0.261 e. The number of thioether (sulfide) groups is 1. The molecule has 0 saturated carbocycles. The van der Waals surface area contributed by atoms with E-state index in [0.29, 0.717) is 9.47 Å². The van der Waals surface area contributed by atoms with Crippen LogP contribution in [0.25, 0.3) is 0 Å². The summed E-state index contributed by atoms with van der Waals surface area (Å²) in [5.74, 6) is 0.218. The van der Waals surface area contributed by atoms with Gasteiger partial charge in [-0.3, -0.25) is 14.8 Å². The number of amides is 1. The fraction of sp³-hybridized carbons (Fsp3) is 0.0455. The molecule has 0 bridgehead atoms. The maximum absolute atomic E-state index is 12.8. The molecule has 33 heavy (non-hydrogen) atoms. The molecule has 168 valence electrons. The molecule has 0 spiro atoms. The number of nitrogens with one attached hydrogen (secondary N) is 2. The Morgan fingerprint density at radius 1 is 0.970 bits per heavy atom. The van der Waals surface area contributed by atoms with E-state index in [1.54, 1.807) is 18.2 Å². The van der Waals surface area contributed by atoms with E-state index in [2.05, 4.69) is 20.2 Å². The molecule has 4 aromatic rings. The molecule has 0 aliphatic rings. The topological polar surface area (TPSA) is 101 Å². The van der Waals surface area contributed by atoms with E-state index < -0.39 is 15.9 Å². The molecule has 2 N–H and O–H groups in total. The summed E-state index contributed by atoms with van der Waals surface area (Å²) in [6.45, 7) is 0. The molecule has 7 nitrogen and oxygen atoms in total. The molecule has 4 rings (SSSR count). The Morgan fingerprint density at radius 3 is 2.39 bits per heavy atom. The normalized spacial score (nSPS) is 11.2. The number of sulfonamides is 1. The van der Waals surface area contributed by atoms with E-state index >= 15 is 0 Å². The van der Waals surface area contributed by atoms with Gasteiger partial charge >= 0.3 is 0 Å². The zero-order valence-electron chi connectivity index (χ0n) is 16.9. The van der Waals surface area contributed by atoms with E-state index in [4.69, 9.17) is 11.6 Å². The van der Waals surface area contributed by atoms with Crippen LogP contribution in [-0.2, 0) is 15.8 Å². The van der Waals surface area contributed by atoms with Gasteiger partial charge in [0.05, 0.1) is 15.5 Å². The van der Waals surface area contributed by atoms with Crippen LogP contribution in [0.1, 0.15) is 15.9 Å². The summed E-state index contributed by atoms with van der Waals surface area (Å²) in [6, 6.07) is 22.2. The monoisotopic (exact) mass is 516 g/mol. The number of halogens is 1. The molecule has 1 heterocycles. The Labute approximate surface area is 204 Å². The van der Waals surface area contributed by atoms with Gasteiger partial charge in [-0.05, 0) is 35.9 Å². The van der Waals surface area contributed by atoms with Gasteiger partial charge in [0, 0.05) is 11.4 Å². The van der Waals surface area contributed by atoms with Gasteiger partial charge in [0.25, 0.3) is 15.9 Å². The fourth-order valence-corrected chi connectivity index (χ4v) is 5.76. The summed E-state index contributed by atoms with van der Waals surface area (Å²) in [5.41, 5.74) is 1.48. The van der Waals surface area contributed by atoms with E-state index in [1.165, 1.54) is 53.4 Å². The lowest BCUT2D eigenvalue weighted by atomic mass is 10.2. The first-order valence-corrected chi connectivity index (χ1v) is 13.3. The highest BCUT2D eigenvalue weighted by atomic mass is 35.5. The molecule has 0 unspecified atom stereocenters. The number of rotatable bonds is 8. The van der Waals surface area contributed by atoms with Crippen LogP contribution in [0.15, 0.2) is 88.1 Å². The van der Waals surface area contributed by atoms with Crippen molar-refractivity contribution >= 4 is 61.4 Å². The average molecular weight is 517 g/mol. The number of hydrogen-bond acceptors (Lipinski definition) is 7. The predicted octanol–water partition coefficient (Wildman–Crippen LogP) is 5.54. The van der Waals surface area contributed by atoms with Gasteiger partial charge in [-0.1, -0.05) is 83.2 Å². The Balaban J connectivity index is 1.44. The van der Waals surface area contributed by atoms with Crippen molar-refractivity contribution in [1.82, 2.24) is 10.2 Å². The van der Waals surface area contributed by atoms with Crippen LogP contribution in [0, 0.1) is 0 Å². The Hall–Kier alpha value is -2.92. The maximum atomic E-state index is 12.8. The van der Waals surface area contributed by atoms with Gasteiger partial charge in [0.1, 0.15) is 0 Å². The lowest BCUT2D eigenvalue weighted by Crippen LogP contribution is -2.15. The minimum Gasteiger partial charge on any atom is -0.296 e. The molecular weight excluding hydrogens is 500 g/mol. The minimum absolute atomic E-state index is 0.110. The summed E-state index contributed by atoms with van der Waals surface area (Å²) in [6.07, 6.45) is 0. The Kier molecular flexibility index (Phi) is 7.29. The molecule has 0 fully saturated rings. The number of anilines is 2. The number of aromatic nitrogens is 2. The van der Waals surface area contributed by atoms with E-state index in [9.17, 15) is 13.2 Å². The molecule has 0 aliphatic carbocycles. The largest absolute Gasteiger partial charge is 0.296 e. The highest BCUT2D eigenvalue weighted by molar-refractivity contribution is 8.00. The van der Waals surface area contributed by atoms with Gasteiger partial charge in [0.2, 0.25) is 5.13 Å². The summed E-state index contributed by atoms with van der Waals surface area (Å²) in [7, 11) is -3.80. The van der Waals surface area contributed by atoms with Crippen molar-refractivity contribution in [2.75, 3.05) is 10.0 Å². The molecule has 1 aromatic heterocycles. The maximum Gasteiger partial charge on any atom is 0.261 e. The second kappa shape index (κ2) is 10.3. The van der Waals surface area contributed by atoms with Crippen molar-refractivity contribution in [3.05, 3.63) is 95.0 Å². The molecule has 11 heteroatoms. The molecule has 0 aliphatic heterocycles. The van der Waals surface area contributed by atoms with Crippen molar-refractivity contribution in [2.45, 2.75) is 15.0 Å². The van der Waals surface area contributed by atoms with Gasteiger partial charge in [0.15, 0.2) is 4.34 Å². The predicted molar refractivity (Wildman–Crippen MR) is 133 cm³/mol. The third kappa shape index (κ3) is 6.11. The van der Waals surface area contributed by atoms with Gasteiger partial charge in [-0.25, -0.2) is 8.42 Å². The SMILES string of the molecule is O=C(Nc1nnc(SCc2ccccc2)s1)c1cc(NS(=O)(=O)c2ccccc2)ccc1Cl. The van der Waals surface area contributed by atoms with Crippen LogP contribution >= 0.6 is 34.7 Å². The summed E-state index contributed by atoms with van der Waals surface area (Å²) in [4.78, 5) is 12.9. The number of nitrogens with zero attached hydrogens (tertiary/aromatic N) is 2. The van der Waals surface area contributed by atoms with Crippen molar-refractivity contribution in [2.24, 2.45) is 0 Å². The second-order valence-electron chi connectivity index (χ2n) is 6.71. The quantitative estimate of drug-likeness (QED) is 0.235. The van der Waals surface area contributed by atoms with Crippen molar-refractivity contribution < 1.29 is 13.2 Å². The number of hydrogen-bond donors (Lipinski definition) is 2. The van der Waals surface area contributed by atoms with Gasteiger partial charge in [-0.15, -0.1) is 10.2 Å². The van der Waals surface area contributed by atoms with Gasteiger partial charge in [-0.2, -0.15) is 0 Å². The molecule has 1 amide bonds. The van der Waals surface area contributed by atoms with Crippen molar-refractivity contribution in [3.63, 3.8) is 0 Å². The molecule has 0 atom stereocenters. The van der Waals surface area contributed by atoms with Crippen LogP contribution in [0.4, 0.5) is 10.8 Å². The Morgan fingerprint density at radius 2 is 1.67 bits per heavy atom. The van der Waals surface area contributed by atoms with Crippen molar-refractivity contribution in [3.8, 4) is 0 Å². The standard InChI is InChI=1S/C22H17ClN4O3S3/c23-19-12-11-16(27-33(29,30)17-9-5-2-6-10-17)13-18(19)20(28)24-21-25-26-22(32-21)31-14-15-7-3-1-4-8-15/h1-13,27H,14H2,(H,24,25,28).